The van der Waals surface area contributed by atoms with E-state index in [1.807, 2.05) is 17.5 Å². The molecule has 1 unspecified atom stereocenters. The Kier molecular flexibility index (Phi) is 3.88. The van der Waals surface area contributed by atoms with Gasteiger partial charge in [0.25, 0.3) is 0 Å². The molecule has 1 aliphatic rings. The van der Waals surface area contributed by atoms with Crippen LogP contribution in [-0.2, 0) is 15.6 Å². The van der Waals surface area contributed by atoms with E-state index in [0.29, 0.717) is 5.69 Å². The van der Waals surface area contributed by atoms with Crippen molar-refractivity contribution < 1.29 is 18.0 Å². The molecule has 0 radical (unpaired) electrons. The number of hydrogen-bond donors (Lipinski definition) is 2. The first-order valence-electron chi connectivity index (χ1n) is 7.03. The molecule has 2 aromatic heterocycles. The van der Waals surface area contributed by atoms with Gasteiger partial charge in [-0.1, -0.05) is 11.2 Å². The molecule has 0 saturated heterocycles. The zero-order valence-corrected chi connectivity index (χ0v) is 14.0. The van der Waals surface area contributed by atoms with Crippen LogP contribution in [0.2, 0.25) is 0 Å². The first-order valence-corrected chi connectivity index (χ1v) is 9.40. The van der Waals surface area contributed by atoms with Crippen LogP contribution in [-0.4, -0.2) is 25.2 Å². The molecule has 1 atom stereocenters. The van der Waals surface area contributed by atoms with Crippen LogP contribution in [0.4, 0.5) is 0 Å². The Morgan fingerprint density at radius 2 is 2.23 bits per heavy atom. The average Bonchev–Trinajstić information content (AvgIpc) is 3.06. The van der Waals surface area contributed by atoms with Crippen LogP contribution in [0.5, 0.6) is 0 Å². The van der Waals surface area contributed by atoms with Crippen LogP contribution in [0, 0.1) is 19.8 Å². The molecule has 3 rings (SSSR count). The second kappa shape index (κ2) is 5.45. The summed E-state index contributed by atoms with van der Waals surface area (Å²) in [6.45, 7) is 3.09. The Balaban J connectivity index is 1.84. The van der Waals surface area contributed by atoms with Gasteiger partial charge in [-0.25, -0.2) is 13.1 Å². The summed E-state index contributed by atoms with van der Waals surface area (Å²) < 4.78 is 32.4. The van der Waals surface area contributed by atoms with Crippen molar-refractivity contribution in [3.05, 3.63) is 33.8 Å². The number of nitrogens with zero attached hydrogens (tertiary/aromatic N) is 1. The molecule has 1 fully saturated rings. The highest BCUT2D eigenvalue weighted by molar-refractivity contribution is 7.89. The van der Waals surface area contributed by atoms with Crippen molar-refractivity contribution in [2.75, 3.05) is 6.54 Å². The maximum absolute atomic E-state index is 12.5. The highest BCUT2D eigenvalue weighted by Gasteiger charge is 2.46. The highest BCUT2D eigenvalue weighted by Crippen LogP contribution is 2.46. The molecule has 6 nitrogen and oxygen atoms in total. The van der Waals surface area contributed by atoms with Crippen molar-refractivity contribution in [3.8, 4) is 0 Å². The molecule has 2 heterocycles. The van der Waals surface area contributed by atoms with Crippen molar-refractivity contribution in [1.82, 2.24) is 9.88 Å². The summed E-state index contributed by atoms with van der Waals surface area (Å²) in [4.78, 5) is 0.841. The molecule has 22 heavy (non-hydrogen) atoms. The van der Waals surface area contributed by atoms with Crippen molar-refractivity contribution in [3.63, 3.8) is 0 Å². The smallest absolute Gasteiger partial charge is 0.246 e. The molecule has 1 saturated carbocycles. The fourth-order valence-electron chi connectivity index (χ4n) is 2.65. The van der Waals surface area contributed by atoms with Gasteiger partial charge in [-0.3, -0.25) is 0 Å². The van der Waals surface area contributed by atoms with Crippen LogP contribution in [0.1, 0.15) is 29.2 Å². The van der Waals surface area contributed by atoms with Gasteiger partial charge in [0.15, 0.2) is 5.76 Å². The third kappa shape index (κ3) is 2.71. The Morgan fingerprint density at radius 1 is 1.50 bits per heavy atom. The SMILES string of the molecule is Cc1noc(C)c1S(=O)(=O)NCC(O)(c1cccs1)C1CC1. The van der Waals surface area contributed by atoms with Gasteiger partial charge in [0.05, 0.1) is 0 Å². The summed E-state index contributed by atoms with van der Waals surface area (Å²) in [6, 6.07) is 3.70. The van der Waals surface area contributed by atoms with Gasteiger partial charge >= 0.3 is 0 Å². The van der Waals surface area contributed by atoms with E-state index in [2.05, 4.69) is 9.88 Å². The normalized spacial score (nSPS) is 18.3. The zero-order valence-electron chi connectivity index (χ0n) is 12.4. The predicted molar refractivity (Wildman–Crippen MR) is 82.1 cm³/mol. The number of sulfonamides is 1. The van der Waals surface area contributed by atoms with E-state index in [1.54, 1.807) is 13.8 Å². The van der Waals surface area contributed by atoms with Crippen molar-refractivity contribution in [1.29, 1.82) is 0 Å². The fourth-order valence-corrected chi connectivity index (χ4v) is 4.95. The molecule has 2 N–H and O–H groups in total. The molecular formula is C14H18N2O4S2. The number of nitrogens with one attached hydrogen (secondary N) is 1. The first kappa shape index (κ1) is 15.7. The second-order valence-electron chi connectivity index (χ2n) is 5.65. The summed E-state index contributed by atoms with van der Waals surface area (Å²) in [7, 11) is -3.77. The summed E-state index contributed by atoms with van der Waals surface area (Å²) >= 11 is 1.44. The van der Waals surface area contributed by atoms with E-state index in [0.717, 1.165) is 17.7 Å². The lowest BCUT2D eigenvalue weighted by molar-refractivity contribution is 0.0222. The van der Waals surface area contributed by atoms with Crippen LogP contribution in [0.25, 0.3) is 0 Å². The number of thiophene rings is 1. The molecule has 0 aliphatic heterocycles. The lowest BCUT2D eigenvalue weighted by Gasteiger charge is -2.27. The van der Waals surface area contributed by atoms with E-state index in [-0.39, 0.29) is 23.1 Å². The number of rotatable bonds is 6. The Morgan fingerprint density at radius 3 is 2.73 bits per heavy atom. The second-order valence-corrected chi connectivity index (χ2v) is 8.31. The van der Waals surface area contributed by atoms with Gasteiger partial charge in [0.2, 0.25) is 10.0 Å². The van der Waals surface area contributed by atoms with Gasteiger partial charge in [0, 0.05) is 11.4 Å². The minimum Gasteiger partial charge on any atom is -0.383 e. The van der Waals surface area contributed by atoms with Crippen molar-refractivity contribution in [2.45, 2.75) is 37.2 Å². The largest absolute Gasteiger partial charge is 0.383 e. The molecule has 0 bridgehead atoms. The minimum absolute atomic E-state index is 0.0510. The van der Waals surface area contributed by atoms with Crippen molar-refractivity contribution in [2.24, 2.45) is 5.92 Å². The topological polar surface area (TPSA) is 92.4 Å². The van der Waals surface area contributed by atoms with E-state index in [1.165, 1.54) is 11.3 Å². The monoisotopic (exact) mass is 342 g/mol. The Labute approximate surface area is 133 Å². The summed E-state index contributed by atoms with van der Waals surface area (Å²) in [5.41, 5.74) is -0.837. The quantitative estimate of drug-likeness (QED) is 0.837. The van der Waals surface area contributed by atoms with Gasteiger partial charge in [-0.05, 0) is 44.1 Å². The van der Waals surface area contributed by atoms with Gasteiger partial charge < -0.3 is 9.63 Å². The summed E-state index contributed by atoms with van der Waals surface area (Å²) in [5.74, 6) is 0.342. The average molecular weight is 342 g/mol. The van der Waals surface area contributed by atoms with Crippen molar-refractivity contribution >= 4 is 21.4 Å². The minimum atomic E-state index is -3.77. The highest BCUT2D eigenvalue weighted by atomic mass is 32.2. The standard InChI is InChI=1S/C14H18N2O4S2/c1-9-13(10(2)20-16-9)22(18,19)15-8-14(17,11-5-6-11)12-4-3-7-21-12/h3-4,7,11,15,17H,5-6,8H2,1-2H3. The van der Waals surface area contributed by atoms with E-state index in [9.17, 15) is 13.5 Å². The van der Waals surface area contributed by atoms with Gasteiger partial charge in [0.1, 0.15) is 16.2 Å². The summed E-state index contributed by atoms with van der Waals surface area (Å²) in [6.07, 6.45) is 1.81. The molecule has 8 heteroatoms. The lowest BCUT2D eigenvalue weighted by Crippen LogP contribution is -2.42. The number of aliphatic hydroxyl groups is 1. The molecule has 1 aliphatic carbocycles. The number of aromatic nitrogens is 1. The van der Waals surface area contributed by atoms with Crippen LogP contribution < -0.4 is 4.72 Å². The maximum Gasteiger partial charge on any atom is 0.246 e. The molecular weight excluding hydrogens is 324 g/mol. The third-order valence-corrected chi connectivity index (χ3v) is 6.65. The predicted octanol–water partition coefficient (Wildman–Crippen LogP) is 1.93. The molecule has 120 valence electrons. The van der Waals surface area contributed by atoms with Crippen LogP contribution in [0.15, 0.2) is 26.9 Å². The zero-order chi connectivity index (χ0) is 16.0. The Bertz CT molecular complexity index is 743. The van der Waals surface area contributed by atoms with E-state index < -0.39 is 15.6 Å². The molecule has 0 amide bonds. The number of aryl methyl sites for hydroxylation is 2. The van der Waals surface area contributed by atoms with Gasteiger partial charge in [-0.2, -0.15) is 0 Å². The van der Waals surface area contributed by atoms with Crippen LogP contribution in [0.3, 0.4) is 0 Å². The third-order valence-electron chi connectivity index (χ3n) is 3.97. The lowest BCUT2D eigenvalue weighted by atomic mass is 9.96. The van der Waals surface area contributed by atoms with E-state index >= 15 is 0 Å². The molecule has 2 aromatic rings. The maximum atomic E-state index is 12.5. The van der Waals surface area contributed by atoms with Gasteiger partial charge in [-0.15, -0.1) is 11.3 Å². The molecule has 0 aromatic carbocycles. The van der Waals surface area contributed by atoms with Crippen LogP contribution >= 0.6 is 11.3 Å². The first-order chi connectivity index (χ1) is 10.3. The number of hydrogen-bond acceptors (Lipinski definition) is 6. The van der Waals surface area contributed by atoms with E-state index in [4.69, 9.17) is 4.52 Å². The summed E-state index contributed by atoms with van der Waals surface area (Å²) in [5, 5.41) is 16.5. The Hall–Kier alpha value is -1.22. The molecule has 0 spiro atoms. The fraction of sp³-hybridized carbons (Fsp3) is 0.500.